The van der Waals surface area contributed by atoms with Gasteiger partial charge in [0.15, 0.2) is 0 Å². The molecule has 0 aromatic carbocycles. The Morgan fingerprint density at radius 1 is 1.73 bits per heavy atom. The fourth-order valence-corrected chi connectivity index (χ4v) is 1.55. The lowest BCUT2D eigenvalue weighted by molar-refractivity contribution is -0.121. The van der Waals surface area contributed by atoms with Crippen molar-refractivity contribution in [1.82, 2.24) is 15.5 Å². The lowest BCUT2D eigenvalue weighted by atomic mass is 10.1. The highest BCUT2D eigenvalue weighted by molar-refractivity contribution is 5.76. The number of carbonyl (C=O) groups excluding carboxylic acids is 1. The van der Waals surface area contributed by atoms with E-state index < -0.39 is 0 Å². The van der Waals surface area contributed by atoms with Crippen LogP contribution in [0.25, 0.3) is 0 Å². The molecule has 1 saturated carbocycles. The Balaban J connectivity index is 1.68. The molecule has 0 saturated heterocycles. The number of aromatic amines is 1. The molecule has 5 nitrogen and oxygen atoms in total. The van der Waals surface area contributed by atoms with Gasteiger partial charge in [0.25, 0.3) is 0 Å². The van der Waals surface area contributed by atoms with E-state index in [1.54, 1.807) is 12.4 Å². The maximum absolute atomic E-state index is 11.5. The zero-order valence-electron chi connectivity index (χ0n) is 8.57. The number of nitrogens with zero attached hydrogens (tertiary/aromatic N) is 1. The van der Waals surface area contributed by atoms with E-state index in [2.05, 4.69) is 15.5 Å². The molecule has 1 heterocycles. The van der Waals surface area contributed by atoms with Gasteiger partial charge in [-0.1, -0.05) is 0 Å². The highest BCUT2D eigenvalue weighted by atomic mass is 16.1. The van der Waals surface area contributed by atoms with E-state index in [0.717, 1.165) is 5.56 Å². The zero-order chi connectivity index (χ0) is 10.7. The Labute approximate surface area is 88.4 Å². The van der Waals surface area contributed by atoms with Gasteiger partial charge in [-0.05, 0) is 18.8 Å². The summed E-state index contributed by atoms with van der Waals surface area (Å²) >= 11 is 0. The van der Waals surface area contributed by atoms with E-state index >= 15 is 0 Å². The van der Waals surface area contributed by atoms with Gasteiger partial charge in [-0.25, -0.2) is 0 Å². The first-order chi connectivity index (χ1) is 7.25. The van der Waals surface area contributed by atoms with E-state index in [4.69, 9.17) is 5.73 Å². The topological polar surface area (TPSA) is 83.8 Å². The molecule has 2 rings (SSSR count). The van der Waals surface area contributed by atoms with Gasteiger partial charge in [0.1, 0.15) is 0 Å². The van der Waals surface area contributed by atoms with Crippen molar-refractivity contribution in [1.29, 1.82) is 0 Å². The minimum atomic E-state index is 0.0237. The summed E-state index contributed by atoms with van der Waals surface area (Å²) in [5.74, 6) is 0.597. The number of amides is 1. The number of nitrogens with one attached hydrogen (secondary N) is 2. The average molecular weight is 208 g/mol. The van der Waals surface area contributed by atoms with Crippen molar-refractivity contribution in [2.45, 2.75) is 31.8 Å². The normalized spacial score (nSPS) is 17.4. The number of H-pyrrole nitrogens is 1. The van der Waals surface area contributed by atoms with Gasteiger partial charge in [0.2, 0.25) is 5.91 Å². The van der Waals surface area contributed by atoms with Gasteiger partial charge >= 0.3 is 0 Å². The molecule has 0 spiro atoms. The maximum atomic E-state index is 11.5. The summed E-state index contributed by atoms with van der Waals surface area (Å²) in [5, 5.41) is 9.31. The van der Waals surface area contributed by atoms with Crippen molar-refractivity contribution in [3.05, 3.63) is 18.0 Å². The first kappa shape index (κ1) is 10.2. The standard InChI is InChI=1S/C10H16N4O/c11-9(8-1-2-8)3-10(15)12-4-7-5-13-14-6-7/h5-6,8-9H,1-4,11H2,(H,12,15)(H,13,14). The van der Waals surface area contributed by atoms with Crippen LogP contribution >= 0.6 is 0 Å². The summed E-state index contributed by atoms with van der Waals surface area (Å²) in [6.07, 6.45) is 6.25. The molecule has 0 aliphatic heterocycles. The van der Waals surface area contributed by atoms with Crippen LogP contribution < -0.4 is 11.1 Å². The monoisotopic (exact) mass is 208 g/mol. The van der Waals surface area contributed by atoms with Gasteiger partial charge in [-0.3, -0.25) is 9.89 Å². The third-order valence-corrected chi connectivity index (χ3v) is 2.69. The van der Waals surface area contributed by atoms with Gasteiger partial charge < -0.3 is 11.1 Å². The van der Waals surface area contributed by atoms with E-state index in [9.17, 15) is 4.79 Å². The van der Waals surface area contributed by atoms with Crippen LogP contribution in [0, 0.1) is 5.92 Å². The first-order valence-corrected chi connectivity index (χ1v) is 5.25. The fourth-order valence-electron chi connectivity index (χ4n) is 1.55. The molecule has 4 N–H and O–H groups in total. The molecular formula is C10H16N4O. The second-order valence-electron chi connectivity index (χ2n) is 4.09. The molecule has 82 valence electrons. The molecule has 0 radical (unpaired) electrons. The third kappa shape index (κ3) is 3.06. The second kappa shape index (κ2) is 4.44. The number of aromatic nitrogens is 2. The lowest BCUT2D eigenvalue weighted by Crippen LogP contribution is -2.32. The van der Waals surface area contributed by atoms with Crippen molar-refractivity contribution in [2.75, 3.05) is 0 Å². The van der Waals surface area contributed by atoms with Crippen LogP contribution in [0.1, 0.15) is 24.8 Å². The number of carbonyl (C=O) groups is 1. The highest BCUT2D eigenvalue weighted by Crippen LogP contribution is 2.32. The fraction of sp³-hybridized carbons (Fsp3) is 0.600. The molecule has 1 aromatic heterocycles. The molecule has 1 aromatic rings. The van der Waals surface area contributed by atoms with Crippen molar-refractivity contribution in [3.8, 4) is 0 Å². The van der Waals surface area contributed by atoms with Gasteiger partial charge in [0.05, 0.1) is 6.20 Å². The highest BCUT2D eigenvalue weighted by Gasteiger charge is 2.29. The molecule has 1 atom stereocenters. The van der Waals surface area contributed by atoms with Crippen LogP contribution in [0.4, 0.5) is 0 Å². The minimum Gasteiger partial charge on any atom is -0.352 e. The number of nitrogens with two attached hydrogens (primary N) is 1. The molecule has 1 fully saturated rings. The Morgan fingerprint density at radius 3 is 3.13 bits per heavy atom. The molecule has 1 aliphatic rings. The van der Waals surface area contributed by atoms with Crippen LogP contribution in [-0.2, 0) is 11.3 Å². The van der Waals surface area contributed by atoms with Crippen LogP contribution in [0.5, 0.6) is 0 Å². The number of hydrogen-bond acceptors (Lipinski definition) is 3. The second-order valence-corrected chi connectivity index (χ2v) is 4.09. The van der Waals surface area contributed by atoms with Crippen LogP contribution in [-0.4, -0.2) is 22.1 Å². The van der Waals surface area contributed by atoms with E-state index in [1.165, 1.54) is 12.8 Å². The number of hydrogen-bond donors (Lipinski definition) is 3. The predicted molar refractivity (Wildman–Crippen MR) is 55.8 cm³/mol. The molecule has 0 bridgehead atoms. The van der Waals surface area contributed by atoms with E-state index in [-0.39, 0.29) is 11.9 Å². The van der Waals surface area contributed by atoms with E-state index in [1.807, 2.05) is 0 Å². The first-order valence-electron chi connectivity index (χ1n) is 5.25. The van der Waals surface area contributed by atoms with Crippen LogP contribution in [0.15, 0.2) is 12.4 Å². The largest absolute Gasteiger partial charge is 0.352 e. The smallest absolute Gasteiger partial charge is 0.221 e. The summed E-state index contributed by atoms with van der Waals surface area (Å²) in [7, 11) is 0. The number of rotatable bonds is 5. The Kier molecular flexibility index (Phi) is 3.01. The minimum absolute atomic E-state index is 0.0237. The molecular weight excluding hydrogens is 192 g/mol. The van der Waals surface area contributed by atoms with E-state index in [0.29, 0.717) is 18.9 Å². The van der Waals surface area contributed by atoms with Crippen LogP contribution in [0.3, 0.4) is 0 Å². The lowest BCUT2D eigenvalue weighted by Gasteiger charge is -2.09. The summed E-state index contributed by atoms with van der Waals surface area (Å²) in [6, 6.07) is 0.0364. The van der Waals surface area contributed by atoms with Crippen molar-refractivity contribution >= 4 is 5.91 Å². The zero-order valence-corrected chi connectivity index (χ0v) is 8.57. The average Bonchev–Trinajstić information content (AvgIpc) is 2.93. The van der Waals surface area contributed by atoms with Crippen LogP contribution in [0.2, 0.25) is 0 Å². The summed E-state index contributed by atoms with van der Waals surface area (Å²) < 4.78 is 0. The molecule has 1 aliphatic carbocycles. The van der Waals surface area contributed by atoms with Crippen molar-refractivity contribution in [3.63, 3.8) is 0 Å². The summed E-state index contributed by atoms with van der Waals surface area (Å²) in [4.78, 5) is 11.5. The Morgan fingerprint density at radius 2 is 2.53 bits per heavy atom. The third-order valence-electron chi connectivity index (χ3n) is 2.69. The summed E-state index contributed by atoms with van der Waals surface area (Å²) in [6.45, 7) is 0.521. The quantitative estimate of drug-likeness (QED) is 0.644. The Hall–Kier alpha value is -1.36. The molecule has 1 amide bonds. The molecule has 5 heteroatoms. The SMILES string of the molecule is NC(CC(=O)NCc1cn[nH]c1)C1CC1. The van der Waals surface area contributed by atoms with Gasteiger partial charge in [0, 0.05) is 30.8 Å². The van der Waals surface area contributed by atoms with Crippen molar-refractivity contribution in [2.24, 2.45) is 11.7 Å². The molecule has 15 heavy (non-hydrogen) atoms. The van der Waals surface area contributed by atoms with Crippen molar-refractivity contribution < 1.29 is 4.79 Å². The summed E-state index contributed by atoms with van der Waals surface area (Å²) in [5.41, 5.74) is 6.82. The maximum Gasteiger partial charge on any atom is 0.221 e. The predicted octanol–water partition coefficient (Wildman–Crippen LogP) is 0.153. The van der Waals surface area contributed by atoms with Gasteiger partial charge in [-0.2, -0.15) is 5.10 Å². The van der Waals surface area contributed by atoms with Gasteiger partial charge in [-0.15, -0.1) is 0 Å². The molecule has 1 unspecified atom stereocenters. The Bertz CT molecular complexity index is 318.